The monoisotopic (exact) mass is 181 g/mol. The molecular formula is C7H11N5O. The van der Waals surface area contributed by atoms with Crippen molar-refractivity contribution >= 4 is 17.5 Å². The number of hydrogen-bond donors (Lipinski definition) is 3. The van der Waals surface area contributed by atoms with E-state index in [-0.39, 0.29) is 12.5 Å². The maximum Gasteiger partial charge on any atom is 0.239 e. The van der Waals surface area contributed by atoms with Gasteiger partial charge in [-0.1, -0.05) is 0 Å². The molecule has 6 heteroatoms. The van der Waals surface area contributed by atoms with Crippen molar-refractivity contribution in [1.29, 1.82) is 0 Å². The summed E-state index contributed by atoms with van der Waals surface area (Å²) in [5.41, 5.74) is 10.6. The second-order valence-electron chi connectivity index (χ2n) is 2.48. The molecule has 0 aliphatic rings. The normalized spacial score (nSPS) is 9.69. The van der Waals surface area contributed by atoms with E-state index >= 15 is 0 Å². The van der Waals surface area contributed by atoms with Gasteiger partial charge in [0, 0.05) is 6.07 Å². The number of nitrogens with one attached hydrogen (secondary N) is 1. The summed E-state index contributed by atoms with van der Waals surface area (Å²) in [6.07, 6.45) is 0. The Balaban J connectivity index is 2.83. The highest BCUT2D eigenvalue weighted by Crippen LogP contribution is 2.06. The van der Waals surface area contributed by atoms with Gasteiger partial charge in [-0.05, 0) is 6.92 Å². The molecule has 1 aromatic heterocycles. The van der Waals surface area contributed by atoms with Crippen LogP contribution in [0.1, 0.15) is 5.82 Å². The number of hydrogen-bond acceptors (Lipinski definition) is 5. The molecule has 0 aromatic carbocycles. The van der Waals surface area contributed by atoms with Gasteiger partial charge >= 0.3 is 0 Å². The summed E-state index contributed by atoms with van der Waals surface area (Å²) in [5, 5.41) is 2.48. The molecular weight excluding hydrogens is 170 g/mol. The smallest absolute Gasteiger partial charge is 0.239 e. The van der Waals surface area contributed by atoms with Gasteiger partial charge in [-0.2, -0.15) is 0 Å². The SMILES string of the molecule is Cc1nc(N)cc(NC(=O)CN)n1. The number of aryl methyl sites for hydroxylation is 1. The highest BCUT2D eigenvalue weighted by atomic mass is 16.1. The molecule has 0 aliphatic heterocycles. The first-order valence-electron chi connectivity index (χ1n) is 3.73. The zero-order valence-electron chi connectivity index (χ0n) is 7.24. The minimum atomic E-state index is -0.308. The topological polar surface area (TPSA) is 107 Å². The van der Waals surface area contributed by atoms with Gasteiger partial charge in [-0.25, -0.2) is 9.97 Å². The first kappa shape index (κ1) is 9.40. The molecule has 0 radical (unpaired) electrons. The third-order valence-corrected chi connectivity index (χ3v) is 1.31. The largest absolute Gasteiger partial charge is 0.384 e. The average Bonchev–Trinajstić information content (AvgIpc) is 2.02. The fourth-order valence-corrected chi connectivity index (χ4v) is 0.849. The van der Waals surface area contributed by atoms with E-state index in [1.807, 2.05) is 0 Å². The summed E-state index contributed by atoms with van der Waals surface area (Å²) >= 11 is 0. The Morgan fingerprint density at radius 2 is 2.31 bits per heavy atom. The molecule has 1 amide bonds. The second kappa shape index (κ2) is 3.81. The number of aromatic nitrogens is 2. The lowest BCUT2D eigenvalue weighted by Gasteiger charge is -2.03. The number of rotatable bonds is 2. The summed E-state index contributed by atoms with van der Waals surface area (Å²) in [4.78, 5) is 18.7. The molecule has 0 spiro atoms. The Labute approximate surface area is 75.4 Å². The molecule has 1 rings (SSSR count). The lowest BCUT2D eigenvalue weighted by Crippen LogP contribution is -2.22. The minimum Gasteiger partial charge on any atom is -0.384 e. The number of carbonyl (C=O) groups is 1. The van der Waals surface area contributed by atoms with Crippen LogP contribution in [0.5, 0.6) is 0 Å². The van der Waals surface area contributed by atoms with E-state index in [9.17, 15) is 4.79 Å². The lowest BCUT2D eigenvalue weighted by molar-refractivity contribution is -0.114. The molecule has 5 N–H and O–H groups in total. The van der Waals surface area contributed by atoms with Crippen molar-refractivity contribution in [3.63, 3.8) is 0 Å². The van der Waals surface area contributed by atoms with Crippen molar-refractivity contribution in [2.24, 2.45) is 5.73 Å². The maximum atomic E-state index is 10.9. The molecule has 0 saturated carbocycles. The Kier molecular flexibility index (Phi) is 2.76. The molecule has 13 heavy (non-hydrogen) atoms. The number of nitrogen functional groups attached to an aromatic ring is 1. The van der Waals surface area contributed by atoms with Crippen molar-refractivity contribution in [2.45, 2.75) is 6.92 Å². The highest BCUT2D eigenvalue weighted by molar-refractivity contribution is 5.91. The molecule has 0 saturated heterocycles. The van der Waals surface area contributed by atoms with Crippen LogP contribution in [0.25, 0.3) is 0 Å². The molecule has 70 valence electrons. The summed E-state index contributed by atoms with van der Waals surface area (Å²) < 4.78 is 0. The number of carbonyl (C=O) groups excluding carboxylic acids is 1. The Bertz CT molecular complexity index is 304. The summed E-state index contributed by atoms with van der Waals surface area (Å²) in [5.74, 6) is 0.894. The van der Waals surface area contributed by atoms with Crippen molar-refractivity contribution in [3.05, 3.63) is 11.9 Å². The number of amides is 1. The molecule has 0 unspecified atom stereocenters. The Morgan fingerprint density at radius 3 is 2.85 bits per heavy atom. The van der Waals surface area contributed by atoms with Crippen LogP contribution in [0.3, 0.4) is 0 Å². The second-order valence-corrected chi connectivity index (χ2v) is 2.48. The van der Waals surface area contributed by atoms with E-state index in [1.54, 1.807) is 6.92 Å². The first-order valence-corrected chi connectivity index (χ1v) is 3.73. The molecule has 0 atom stereocenters. The molecule has 1 heterocycles. The van der Waals surface area contributed by atoms with Gasteiger partial charge in [0.2, 0.25) is 5.91 Å². The molecule has 6 nitrogen and oxygen atoms in total. The van der Waals surface area contributed by atoms with Gasteiger partial charge in [0.05, 0.1) is 6.54 Å². The third kappa shape index (κ3) is 2.68. The van der Waals surface area contributed by atoms with Crippen LogP contribution in [-0.4, -0.2) is 22.4 Å². The molecule has 0 fully saturated rings. The Morgan fingerprint density at radius 1 is 1.62 bits per heavy atom. The zero-order valence-corrected chi connectivity index (χ0v) is 7.24. The van der Waals surface area contributed by atoms with Gasteiger partial charge in [0.25, 0.3) is 0 Å². The predicted molar refractivity (Wildman–Crippen MR) is 48.9 cm³/mol. The van der Waals surface area contributed by atoms with E-state index in [0.717, 1.165) is 0 Å². The highest BCUT2D eigenvalue weighted by Gasteiger charge is 2.02. The van der Waals surface area contributed by atoms with E-state index in [4.69, 9.17) is 11.5 Å². The lowest BCUT2D eigenvalue weighted by atomic mass is 10.5. The number of anilines is 2. The van der Waals surface area contributed by atoms with E-state index < -0.39 is 0 Å². The first-order chi connectivity index (χ1) is 6.11. The fourth-order valence-electron chi connectivity index (χ4n) is 0.849. The van der Waals surface area contributed by atoms with Gasteiger partial charge < -0.3 is 16.8 Å². The zero-order chi connectivity index (χ0) is 9.84. The average molecular weight is 181 g/mol. The van der Waals surface area contributed by atoms with Crippen LogP contribution in [0.2, 0.25) is 0 Å². The van der Waals surface area contributed by atoms with Gasteiger partial charge in [0.15, 0.2) is 0 Å². The summed E-state index contributed by atoms with van der Waals surface area (Å²) in [7, 11) is 0. The maximum absolute atomic E-state index is 10.9. The van der Waals surface area contributed by atoms with Crippen molar-refractivity contribution in [2.75, 3.05) is 17.6 Å². The fraction of sp³-hybridized carbons (Fsp3) is 0.286. The Hall–Kier alpha value is -1.69. The standard InChI is InChI=1S/C7H11N5O/c1-4-10-5(9)2-6(11-4)12-7(13)3-8/h2H,3,8H2,1H3,(H3,9,10,11,12,13). The van der Waals surface area contributed by atoms with Crippen LogP contribution in [-0.2, 0) is 4.79 Å². The van der Waals surface area contributed by atoms with Gasteiger partial charge in [-0.15, -0.1) is 0 Å². The number of nitrogens with two attached hydrogens (primary N) is 2. The summed E-state index contributed by atoms with van der Waals surface area (Å²) in [6.45, 7) is 1.61. The van der Waals surface area contributed by atoms with Crippen LogP contribution in [0, 0.1) is 6.92 Å². The predicted octanol–water partition coefficient (Wildman–Crippen LogP) is -0.736. The van der Waals surface area contributed by atoms with Gasteiger partial charge in [0.1, 0.15) is 17.5 Å². The van der Waals surface area contributed by atoms with E-state index in [1.165, 1.54) is 6.07 Å². The van der Waals surface area contributed by atoms with Crippen molar-refractivity contribution < 1.29 is 4.79 Å². The molecule has 0 bridgehead atoms. The molecule has 1 aromatic rings. The third-order valence-electron chi connectivity index (χ3n) is 1.31. The quantitative estimate of drug-likeness (QED) is 0.557. The van der Waals surface area contributed by atoms with Crippen LogP contribution in [0.15, 0.2) is 6.07 Å². The van der Waals surface area contributed by atoms with Gasteiger partial charge in [-0.3, -0.25) is 4.79 Å². The van der Waals surface area contributed by atoms with E-state index in [2.05, 4.69) is 15.3 Å². The summed E-state index contributed by atoms with van der Waals surface area (Å²) in [6, 6.07) is 1.47. The van der Waals surface area contributed by atoms with Crippen molar-refractivity contribution in [3.8, 4) is 0 Å². The minimum absolute atomic E-state index is 0.0804. The van der Waals surface area contributed by atoms with E-state index in [0.29, 0.717) is 17.5 Å². The van der Waals surface area contributed by atoms with Crippen molar-refractivity contribution in [1.82, 2.24) is 9.97 Å². The van der Waals surface area contributed by atoms with Crippen LogP contribution < -0.4 is 16.8 Å². The van der Waals surface area contributed by atoms with Crippen LogP contribution >= 0.6 is 0 Å². The molecule has 0 aliphatic carbocycles. The number of nitrogens with zero attached hydrogens (tertiary/aromatic N) is 2. The van der Waals surface area contributed by atoms with Crippen LogP contribution in [0.4, 0.5) is 11.6 Å².